The van der Waals surface area contributed by atoms with E-state index in [1.807, 2.05) is 31.2 Å². The zero-order chi connectivity index (χ0) is 25.9. The molecule has 0 unspecified atom stereocenters. The van der Waals surface area contributed by atoms with Gasteiger partial charge in [-0.05, 0) is 42.8 Å². The van der Waals surface area contributed by atoms with Crippen molar-refractivity contribution in [1.82, 2.24) is 34.9 Å². The molecule has 2 aromatic carbocycles. The minimum Gasteiger partial charge on any atom is -0.395 e. The molecule has 0 saturated heterocycles. The van der Waals surface area contributed by atoms with Crippen molar-refractivity contribution in [2.75, 3.05) is 5.32 Å². The van der Waals surface area contributed by atoms with Crippen molar-refractivity contribution in [1.29, 1.82) is 0 Å². The third kappa shape index (κ3) is 3.53. The number of alkyl halides is 2. The fourth-order valence-electron chi connectivity index (χ4n) is 4.56. The van der Waals surface area contributed by atoms with E-state index in [1.165, 1.54) is 24.8 Å². The lowest BCUT2D eigenvalue weighted by molar-refractivity contribution is -0.286. The minimum absolute atomic E-state index is 0.0372. The van der Waals surface area contributed by atoms with Gasteiger partial charge in [0, 0.05) is 34.5 Å². The molecule has 2 N–H and O–H groups in total. The van der Waals surface area contributed by atoms with E-state index < -0.39 is 6.29 Å². The average Bonchev–Trinajstić information content (AvgIpc) is 3.51. The van der Waals surface area contributed by atoms with Crippen molar-refractivity contribution in [3.05, 3.63) is 73.2 Å². The molecule has 0 saturated carbocycles. The van der Waals surface area contributed by atoms with Gasteiger partial charge in [0.05, 0.1) is 17.5 Å². The molecule has 10 nitrogen and oxygen atoms in total. The molecule has 0 aliphatic carbocycles. The van der Waals surface area contributed by atoms with E-state index in [1.54, 1.807) is 18.6 Å². The van der Waals surface area contributed by atoms with Crippen molar-refractivity contribution in [3.8, 4) is 34.0 Å². The number of benzene rings is 2. The fraction of sp³-hybridized carbons (Fsp3) is 0.0769. The summed E-state index contributed by atoms with van der Waals surface area (Å²) in [5.74, 6) is 0.380. The Morgan fingerprint density at radius 3 is 2.66 bits per heavy atom. The predicted octanol–water partition coefficient (Wildman–Crippen LogP) is 5.40. The number of fused-ring (bicyclic) bond motifs is 3. The summed E-state index contributed by atoms with van der Waals surface area (Å²) in [4.78, 5) is 29.8. The van der Waals surface area contributed by atoms with E-state index in [2.05, 4.69) is 44.7 Å². The molecule has 0 fully saturated rings. The maximum atomic E-state index is 13.5. The van der Waals surface area contributed by atoms with E-state index in [0.29, 0.717) is 45.0 Å². The molecule has 1 aliphatic rings. The summed E-state index contributed by atoms with van der Waals surface area (Å²) in [5.41, 5.74) is 6.28. The van der Waals surface area contributed by atoms with Crippen LogP contribution in [0.25, 0.3) is 44.6 Å². The van der Waals surface area contributed by atoms with Gasteiger partial charge in [0.1, 0.15) is 29.7 Å². The molecule has 6 aromatic rings. The number of aromatic nitrogens is 7. The zero-order valence-electron chi connectivity index (χ0n) is 19.6. The Kier molecular flexibility index (Phi) is 4.70. The molecule has 186 valence electrons. The van der Waals surface area contributed by atoms with Crippen LogP contribution in [0, 0.1) is 6.92 Å². The van der Waals surface area contributed by atoms with Crippen molar-refractivity contribution in [2.45, 2.75) is 13.2 Å². The summed E-state index contributed by atoms with van der Waals surface area (Å²) in [6.07, 6.45) is 2.50. The Bertz CT molecular complexity index is 1870. The van der Waals surface area contributed by atoms with Crippen LogP contribution in [0.15, 0.2) is 67.6 Å². The number of hydrogen-bond donors (Lipinski definition) is 2. The van der Waals surface area contributed by atoms with Crippen molar-refractivity contribution < 1.29 is 18.3 Å². The van der Waals surface area contributed by atoms with Crippen LogP contribution in [-0.4, -0.2) is 41.2 Å². The number of aryl methyl sites for hydroxylation is 1. The van der Waals surface area contributed by atoms with Gasteiger partial charge in [-0.15, -0.1) is 8.78 Å². The number of nitrogens with one attached hydrogen (secondary N) is 2. The lowest BCUT2D eigenvalue weighted by atomic mass is 9.96. The second-order valence-electron chi connectivity index (χ2n) is 8.55. The molecule has 0 spiro atoms. The van der Waals surface area contributed by atoms with Crippen LogP contribution in [0.1, 0.15) is 5.56 Å². The third-order valence-electron chi connectivity index (χ3n) is 6.20. The quantitative estimate of drug-likeness (QED) is 0.321. The van der Waals surface area contributed by atoms with Gasteiger partial charge in [0.2, 0.25) is 0 Å². The number of pyridine rings is 1. The van der Waals surface area contributed by atoms with Crippen LogP contribution in [0.5, 0.6) is 11.5 Å². The zero-order valence-corrected chi connectivity index (χ0v) is 19.6. The van der Waals surface area contributed by atoms with Crippen molar-refractivity contribution >= 4 is 33.6 Å². The number of rotatable bonds is 4. The summed E-state index contributed by atoms with van der Waals surface area (Å²) in [6.45, 7) is 1.98. The number of anilines is 2. The first-order chi connectivity index (χ1) is 18.5. The molecule has 0 amide bonds. The van der Waals surface area contributed by atoms with Crippen LogP contribution >= 0.6 is 0 Å². The second kappa shape index (κ2) is 8.13. The maximum Gasteiger partial charge on any atom is 0.586 e. The van der Waals surface area contributed by atoms with E-state index in [9.17, 15) is 8.78 Å². The van der Waals surface area contributed by atoms with Gasteiger partial charge in [-0.2, -0.15) is 0 Å². The smallest absolute Gasteiger partial charge is 0.395 e. The SMILES string of the molecule is Cc1ccc2c(Nc3ccc4c(c3)OC(F)(F)O4)ncnc2c1-c1ncccc1-c1ncnc2nc[nH]c12. The van der Waals surface area contributed by atoms with Crippen LogP contribution in [0.2, 0.25) is 0 Å². The van der Waals surface area contributed by atoms with Gasteiger partial charge in [0.15, 0.2) is 17.1 Å². The second-order valence-corrected chi connectivity index (χ2v) is 8.55. The molecule has 5 heterocycles. The molecular formula is C26H16F2N8O2. The standard InChI is InChI=1S/C26H16F2N8O2/c1-13-4-6-16-21(30-10-33-24(16)36-14-5-7-17-18(9-14)38-26(27,28)37-17)19(13)20-15(3-2-8-29-20)22-23-25(34-11-31-22)35-12-32-23/h2-12H,1H3,(H,30,33,36)(H,31,32,34,35). The highest BCUT2D eigenvalue weighted by Gasteiger charge is 2.43. The monoisotopic (exact) mass is 510 g/mol. The third-order valence-corrected chi connectivity index (χ3v) is 6.20. The topological polar surface area (TPSA) is 124 Å². The molecule has 4 aromatic heterocycles. The number of imidazole rings is 1. The molecule has 1 aliphatic heterocycles. The normalized spacial score (nSPS) is 13.8. The summed E-state index contributed by atoms with van der Waals surface area (Å²) < 4.78 is 36.0. The Morgan fingerprint density at radius 2 is 1.74 bits per heavy atom. The van der Waals surface area contributed by atoms with Crippen LogP contribution in [0.3, 0.4) is 0 Å². The highest BCUT2D eigenvalue weighted by atomic mass is 19.3. The predicted molar refractivity (Wildman–Crippen MR) is 134 cm³/mol. The van der Waals surface area contributed by atoms with Crippen molar-refractivity contribution in [3.63, 3.8) is 0 Å². The van der Waals surface area contributed by atoms with Crippen molar-refractivity contribution in [2.24, 2.45) is 0 Å². The largest absolute Gasteiger partial charge is 0.586 e. The summed E-state index contributed by atoms with van der Waals surface area (Å²) in [6, 6.07) is 12.1. The van der Waals surface area contributed by atoms with E-state index >= 15 is 0 Å². The first-order valence-corrected chi connectivity index (χ1v) is 11.5. The summed E-state index contributed by atoms with van der Waals surface area (Å²) >= 11 is 0. The molecule has 12 heteroatoms. The van der Waals surface area contributed by atoms with Gasteiger partial charge in [-0.3, -0.25) is 4.98 Å². The molecule has 0 bridgehead atoms. The Morgan fingerprint density at radius 1 is 0.868 bits per heavy atom. The molecular weight excluding hydrogens is 494 g/mol. The van der Waals surface area contributed by atoms with E-state index in [-0.39, 0.29) is 11.5 Å². The Hall–Kier alpha value is -5.26. The first kappa shape index (κ1) is 22.0. The van der Waals surface area contributed by atoms with Crippen LogP contribution in [0.4, 0.5) is 20.3 Å². The highest BCUT2D eigenvalue weighted by Crippen LogP contribution is 2.43. The Balaban J connectivity index is 1.36. The van der Waals surface area contributed by atoms with Gasteiger partial charge >= 0.3 is 6.29 Å². The van der Waals surface area contributed by atoms with Gasteiger partial charge in [-0.25, -0.2) is 24.9 Å². The molecule has 38 heavy (non-hydrogen) atoms. The van der Waals surface area contributed by atoms with Gasteiger partial charge in [-0.1, -0.05) is 6.07 Å². The number of nitrogens with zero attached hydrogens (tertiary/aromatic N) is 6. The number of aromatic amines is 1. The van der Waals surface area contributed by atoms with Crippen LogP contribution < -0.4 is 14.8 Å². The van der Waals surface area contributed by atoms with E-state index in [4.69, 9.17) is 4.98 Å². The number of ether oxygens (including phenoxy) is 2. The maximum absolute atomic E-state index is 13.5. The van der Waals surface area contributed by atoms with Crippen LogP contribution in [-0.2, 0) is 0 Å². The first-order valence-electron chi connectivity index (χ1n) is 11.5. The number of hydrogen-bond acceptors (Lipinski definition) is 9. The van der Waals surface area contributed by atoms with E-state index in [0.717, 1.165) is 16.7 Å². The molecule has 0 atom stereocenters. The van der Waals surface area contributed by atoms with Gasteiger partial charge < -0.3 is 19.8 Å². The average molecular weight is 510 g/mol. The molecule has 0 radical (unpaired) electrons. The lowest BCUT2D eigenvalue weighted by Gasteiger charge is -2.15. The summed E-state index contributed by atoms with van der Waals surface area (Å²) in [5, 5.41) is 3.89. The highest BCUT2D eigenvalue weighted by molar-refractivity contribution is 6.04. The fourth-order valence-corrected chi connectivity index (χ4v) is 4.56. The minimum atomic E-state index is -3.69. The summed E-state index contributed by atoms with van der Waals surface area (Å²) in [7, 11) is 0. The number of halogens is 2. The number of H-pyrrole nitrogens is 1. The molecule has 7 rings (SSSR count). The lowest BCUT2D eigenvalue weighted by Crippen LogP contribution is -2.25. The Labute approximate surface area is 212 Å². The van der Waals surface area contributed by atoms with Gasteiger partial charge in [0.25, 0.3) is 0 Å².